The minimum absolute atomic E-state index is 0.272. The highest BCUT2D eigenvalue weighted by Crippen LogP contribution is 2.22. The molecule has 2 aromatic heterocycles. The van der Waals surface area contributed by atoms with E-state index in [9.17, 15) is 4.79 Å². The van der Waals surface area contributed by atoms with Crippen LogP contribution in [0.2, 0.25) is 0 Å². The van der Waals surface area contributed by atoms with Gasteiger partial charge in [0.25, 0.3) is 5.91 Å². The van der Waals surface area contributed by atoms with Crippen LogP contribution in [-0.2, 0) is 6.54 Å². The first kappa shape index (κ1) is 18.9. The molecule has 0 bridgehead atoms. The van der Waals surface area contributed by atoms with E-state index < -0.39 is 0 Å². The van der Waals surface area contributed by atoms with Gasteiger partial charge in [-0.05, 0) is 67.8 Å². The van der Waals surface area contributed by atoms with Crippen LogP contribution in [0.3, 0.4) is 0 Å². The Bertz CT molecular complexity index is 922. The molecule has 0 saturated carbocycles. The average molecular weight is 388 g/mol. The number of aromatic nitrogens is 3. The van der Waals surface area contributed by atoms with Gasteiger partial charge in [0.05, 0.1) is 12.2 Å². The topological polar surface area (TPSA) is 83.0 Å². The number of nitrogens with zero attached hydrogens (tertiary/aromatic N) is 4. The van der Waals surface area contributed by atoms with Gasteiger partial charge in [-0.25, -0.2) is 0 Å². The summed E-state index contributed by atoms with van der Waals surface area (Å²) >= 11 is 0. The smallest absolute Gasteiger partial charge is 0.276 e. The standard InChI is InChI=1S/C22H24N6O/c29-22(25-17-7-9-19(10-8-17)28-14-4-1-5-15-28)20-11-12-21(27-26-20)24-16-18-6-2-3-13-23-18/h2-3,6-13H,1,4-5,14-16H2,(H,24,27)(H,25,29). The van der Waals surface area contributed by atoms with Crippen molar-refractivity contribution >= 4 is 23.1 Å². The van der Waals surface area contributed by atoms with Crippen molar-refractivity contribution in [1.82, 2.24) is 15.2 Å². The number of carbonyl (C=O) groups is 1. The Labute approximate surface area is 170 Å². The van der Waals surface area contributed by atoms with Crippen molar-refractivity contribution in [2.75, 3.05) is 28.6 Å². The Balaban J connectivity index is 1.32. The van der Waals surface area contributed by atoms with Crippen molar-refractivity contribution < 1.29 is 4.79 Å². The van der Waals surface area contributed by atoms with Crippen molar-refractivity contribution in [2.45, 2.75) is 25.8 Å². The summed E-state index contributed by atoms with van der Waals surface area (Å²) in [5.41, 5.74) is 3.12. The normalized spacial score (nSPS) is 13.7. The van der Waals surface area contributed by atoms with Crippen molar-refractivity contribution in [3.05, 3.63) is 72.2 Å². The molecule has 0 spiro atoms. The predicted octanol–water partition coefficient (Wildman–Crippen LogP) is 3.73. The number of nitrogens with one attached hydrogen (secondary N) is 2. The van der Waals surface area contributed by atoms with Gasteiger partial charge in [-0.2, -0.15) is 0 Å². The molecule has 0 unspecified atom stereocenters. The molecule has 1 amide bonds. The van der Waals surface area contributed by atoms with Gasteiger partial charge >= 0.3 is 0 Å². The fourth-order valence-electron chi connectivity index (χ4n) is 3.33. The minimum atomic E-state index is -0.278. The quantitative estimate of drug-likeness (QED) is 0.670. The number of piperidine rings is 1. The van der Waals surface area contributed by atoms with Gasteiger partial charge in [-0.1, -0.05) is 6.07 Å². The number of pyridine rings is 1. The van der Waals surface area contributed by atoms with Crippen LogP contribution in [0, 0.1) is 0 Å². The van der Waals surface area contributed by atoms with Crippen molar-refractivity contribution in [1.29, 1.82) is 0 Å². The van der Waals surface area contributed by atoms with Gasteiger partial charge in [0.2, 0.25) is 0 Å². The number of carbonyl (C=O) groups excluding carboxylic acids is 1. The Hall–Kier alpha value is -3.48. The first-order chi connectivity index (χ1) is 14.3. The third-order valence-electron chi connectivity index (χ3n) is 4.92. The summed E-state index contributed by atoms with van der Waals surface area (Å²) in [7, 11) is 0. The van der Waals surface area contributed by atoms with Gasteiger partial charge in [0.1, 0.15) is 5.82 Å². The number of hydrogen-bond donors (Lipinski definition) is 2. The van der Waals surface area contributed by atoms with Gasteiger partial charge in [0, 0.05) is 30.7 Å². The first-order valence-corrected chi connectivity index (χ1v) is 9.92. The number of rotatable bonds is 6. The lowest BCUT2D eigenvalue weighted by Crippen LogP contribution is -2.29. The molecule has 148 valence electrons. The monoisotopic (exact) mass is 388 g/mol. The summed E-state index contributed by atoms with van der Waals surface area (Å²) < 4.78 is 0. The molecule has 2 N–H and O–H groups in total. The van der Waals surface area contributed by atoms with E-state index in [4.69, 9.17) is 0 Å². The van der Waals surface area contributed by atoms with E-state index in [0.29, 0.717) is 12.4 Å². The maximum absolute atomic E-state index is 12.4. The third kappa shape index (κ3) is 5.07. The van der Waals surface area contributed by atoms with Crippen LogP contribution in [-0.4, -0.2) is 34.2 Å². The molecule has 1 aliphatic heterocycles. The third-order valence-corrected chi connectivity index (χ3v) is 4.92. The van der Waals surface area contributed by atoms with Crippen molar-refractivity contribution in [3.8, 4) is 0 Å². The van der Waals surface area contributed by atoms with Crippen LogP contribution >= 0.6 is 0 Å². The van der Waals surface area contributed by atoms with Crippen molar-refractivity contribution in [3.63, 3.8) is 0 Å². The second-order valence-electron chi connectivity index (χ2n) is 7.03. The number of benzene rings is 1. The molecular weight excluding hydrogens is 364 g/mol. The fourth-order valence-corrected chi connectivity index (χ4v) is 3.33. The van der Waals surface area contributed by atoms with Gasteiger partial charge in [-0.3, -0.25) is 9.78 Å². The Kier molecular flexibility index (Phi) is 5.95. The van der Waals surface area contributed by atoms with E-state index >= 15 is 0 Å². The second kappa shape index (κ2) is 9.14. The van der Waals surface area contributed by atoms with Crippen LogP contribution in [0.15, 0.2) is 60.8 Å². The molecule has 1 fully saturated rings. The van der Waals surface area contributed by atoms with Crippen LogP contribution < -0.4 is 15.5 Å². The highest BCUT2D eigenvalue weighted by Gasteiger charge is 2.12. The van der Waals surface area contributed by atoms with Crippen LogP contribution in [0.25, 0.3) is 0 Å². The second-order valence-corrected chi connectivity index (χ2v) is 7.03. The Morgan fingerprint density at radius 3 is 2.45 bits per heavy atom. The maximum Gasteiger partial charge on any atom is 0.276 e. The lowest BCUT2D eigenvalue weighted by atomic mass is 10.1. The molecule has 0 radical (unpaired) electrons. The molecule has 29 heavy (non-hydrogen) atoms. The van der Waals surface area contributed by atoms with Crippen molar-refractivity contribution in [2.24, 2.45) is 0 Å². The lowest BCUT2D eigenvalue weighted by molar-refractivity contribution is 0.102. The molecule has 1 saturated heterocycles. The molecule has 0 atom stereocenters. The van der Waals surface area contributed by atoms with Gasteiger partial charge in [-0.15, -0.1) is 10.2 Å². The fraction of sp³-hybridized carbons (Fsp3) is 0.273. The summed E-state index contributed by atoms with van der Waals surface area (Å²) in [6, 6.07) is 17.1. The number of hydrogen-bond acceptors (Lipinski definition) is 6. The highest BCUT2D eigenvalue weighted by atomic mass is 16.1. The lowest BCUT2D eigenvalue weighted by Gasteiger charge is -2.28. The van der Waals surface area contributed by atoms with Gasteiger partial charge in [0.15, 0.2) is 5.69 Å². The minimum Gasteiger partial charge on any atom is -0.372 e. The van der Waals surface area contributed by atoms with Crippen LogP contribution in [0.4, 0.5) is 17.2 Å². The molecule has 7 heteroatoms. The zero-order valence-electron chi connectivity index (χ0n) is 16.2. The molecule has 7 nitrogen and oxygen atoms in total. The summed E-state index contributed by atoms with van der Waals surface area (Å²) in [5, 5.41) is 14.1. The molecule has 4 rings (SSSR count). The molecule has 1 aliphatic rings. The molecule has 0 aliphatic carbocycles. The summed E-state index contributed by atoms with van der Waals surface area (Å²) in [4.78, 5) is 19.1. The molecule has 3 heterocycles. The Morgan fingerprint density at radius 1 is 0.931 bits per heavy atom. The summed E-state index contributed by atoms with van der Waals surface area (Å²) in [5.74, 6) is 0.317. The van der Waals surface area contributed by atoms with E-state index in [0.717, 1.165) is 24.5 Å². The zero-order valence-corrected chi connectivity index (χ0v) is 16.2. The van der Waals surface area contributed by atoms with Crippen LogP contribution in [0.5, 0.6) is 0 Å². The van der Waals surface area contributed by atoms with E-state index in [-0.39, 0.29) is 11.6 Å². The number of anilines is 3. The molecular formula is C22H24N6O. The summed E-state index contributed by atoms with van der Waals surface area (Å²) in [6.07, 6.45) is 5.53. The van der Waals surface area contributed by atoms with E-state index in [1.165, 1.54) is 24.9 Å². The van der Waals surface area contributed by atoms with E-state index in [2.05, 4.69) is 42.8 Å². The summed E-state index contributed by atoms with van der Waals surface area (Å²) in [6.45, 7) is 2.74. The Morgan fingerprint density at radius 2 is 1.76 bits per heavy atom. The SMILES string of the molecule is O=C(Nc1ccc(N2CCCCC2)cc1)c1ccc(NCc2ccccn2)nn1. The molecule has 3 aromatic rings. The highest BCUT2D eigenvalue weighted by molar-refractivity contribution is 6.02. The number of amides is 1. The van der Waals surface area contributed by atoms with E-state index in [1.54, 1.807) is 18.3 Å². The zero-order chi connectivity index (χ0) is 19.9. The van der Waals surface area contributed by atoms with Gasteiger partial charge < -0.3 is 15.5 Å². The van der Waals surface area contributed by atoms with E-state index in [1.807, 2.05) is 30.3 Å². The first-order valence-electron chi connectivity index (χ1n) is 9.92. The van der Waals surface area contributed by atoms with Crippen LogP contribution in [0.1, 0.15) is 35.4 Å². The average Bonchev–Trinajstić information content (AvgIpc) is 2.80. The predicted molar refractivity (Wildman–Crippen MR) is 114 cm³/mol. The maximum atomic E-state index is 12.4. The largest absolute Gasteiger partial charge is 0.372 e. The molecule has 1 aromatic carbocycles.